The molecule has 0 saturated carbocycles. The topological polar surface area (TPSA) is 69.7 Å². The number of carbonyl (C=O) groups is 1. The number of piperidine rings is 1. The first-order valence-electron chi connectivity index (χ1n) is 15.9. The average Bonchev–Trinajstić information content (AvgIpc) is 3.19. The summed E-state index contributed by atoms with van der Waals surface area (Å²) in [6, 6.07) is 10.8. The van der Waals surface area contributed by atoms with Crippen LogP contribution in [0.3, 0.4) is 0 Å². The highest BCUT2D eigenvalue weighted by molar-refractivity contribution is 6.54. The van der Waals surface area contributed by atoms with Crippen molar-refractivity contribution in [1.29, 1.82) is 0 Å². The minimum absolute atomic E-state index is 0.00631. The van der Waals surface area contributed by atoms with Gasteiger partial charge in [0.2, 0.25) is 0 Å². The van der Waals surface area contributed by atoms with Crippen molar-refractivity contribution in [2.75, 3.05) is 37.7 Å². The molecule has 256 valence electrons. The molecule has 3 saturated heterocycles. The maximum atomic E-state index is 15.9. The third-order valence-corrected chi connectivity index (χ3v) is 9.09. The fourth-order valence-electron chi connectivity index (χ4n) is 5.95. The third kappa shape index (κ3) is 7.73. The van der Waals surface area contributed by atoms with Crippen LogP contribution in [0.1, 0.15) is 72.4 Å². The molecule has 0 unspecified atom stereocenters. The molecule has 3 aliphatic rings. The second-order valence-electron chi connectivity index (χ2n) is 14.3. The summed E-state index contributed by atoms with van der Waals surface area (Å²) < 4.78 is 90.5. The number of nitrogens with zero attached hydrogens (tertiary/aromatic N) is 2. The molecular weight excluding hydrogens is 619 g/mol. The quantitative estimate of drug-likeness (QED) is 0.237. The van der Waals surface area contributed by atoms with Crippen LogP contribution in [0.25, 0.3) is 6.08 Å². The van der Waals surface area contributed by atoms with Gasteiger partial charge in [-0.15, -0.1) is 0 Å². The molecule has 3 aliphatic heterocycles. The Morgan fingerprint density at radius 3 is 2.13 bits per heavy atom. The molecule has 13 heteroatoms. The lowest BCUT2D eigenvalue weighted by atomic mass is 9.85. The highest BCUT2D eigenvalue weighted by atomic mass is 19.4. The second kappa shape index (κ2) is 12.6. The molecule has 1 amide bonds. The van der Waals surface area contributed by atoms with Gasteiger partial charge in [-0.25, -0.2) is 9.18 Å². The Labute approximate surface area is 274 Å². The number of likely N-dealkylation sites (tertiary alicyclic amines) is 1. The Morgan fingerprint density at radius 1 is 0.936 bits per heavy atom. The second-order valence-corrected chi connectivity index (χ2v) is 14.3. The molecule has 2 aromatic rings. The smallest absolute Gasteiger partial charge is 0.457 e. The first-order valence-corrected chi connectivity index (χ1v) is 15.9. The predicted molar refractivity (Wildman–Crippen MR) is 171 cm³/mol. The van der Waals surface area contributed by atoms with Crippen LogP contribution in [0.2, 0.25) is 0 Å². The van der Waals surface area contributed by atoms with E-state index in [1.54, 1.807) is 88.6 Å². The third-order valence-electron chi connectivity index (χ3n) is 9.09. The normalized spacial score (nSPS) is 21.3. The maximum absolute atomic E-state index is 15.9. The number of amides is 1. The van der Waals surface area contributed by atoms with Gasteiger partial charge in [0.05, 0.1) is 29.1 Å². The summed E-state index contributed by atoms with van der Waals surface area (Å²) in [5, 5.41) is 0. The molecule has 5 rings (SSSR count). The van der Waals surface area contributed by atoms with Crippen LogP contribution in [0.4, 0.5) is 28.0 Å². The lowest BCUT2D eigenvalue weighted by Gasteiger charge is -2.48. The molecular formula is C34H43BF4N2O6. The van der Waals surface area contributed by atoms with Gasteiger partial charge in [0, 0.05) is 31.7 Å². The fraction of sp³-hybridized carbons (Fsp3) is 0.559. The van der Waals surface area contributed by atoms with Gasteiger partial charge in [-0.05, 0) is 91.6 Å². The van der Waals surface area contributed by atoms with Crippen molar-refractivity contribution in [1.82, 2.24) is 4.90 Å². The molecule has 0 aliphatic carbocycles. The van der Waals surface area contributed by atoms with E-state index in [0.29, 0.717) is 25.9 Å². The molecule has 0 radical (unpaired) electrons. The van der Waals surface area contributed by atoms with E-state index in [-0.39, 0.29) is 36.7 Å². The van der Waals surface area contributed by atoms with E-state index >= 15 is 17.6 Å². The van der Waals surface area contributed by atoms with Crippen molar-refractivity contribution in [3.63, 3.8) is 0 Å². The van der Waals surface area contributed by atoms with Gasteiger partial charge >= 0.3 is 19.4 Å². The van der Waals surface area contributed by atoms with E-state index in [2.05, 4.69) is 0 Å². The molecule has 1 spiro atoms. The highest BCUT2D eigenvalue weighted by Gasteiger charge is 2.53. The number of hydrogen-bond donors (Lipinski definition) is 0. The van der Waals surface area contributed by atoms with Gasteiger partial charge in [-0.3, -0.25) is 0 Å². The molecule has 0 aromatic heterocycles. The van der Waals surface area contributed by atoms with Crippen molar-refractivity contribution in [2.24, 2.45) is 0 Å². The molecule has 0 bridgehead atoms. The predicted octanol–water partition coefficient (Wildman–Crippen LogP) is 8.05. The summed E-state index contributed by atoms with van der Waals surface area (Å²) in [5.74, 6) is -0.184. The van der Waals surface area contributed by atoms with Crippen LogP contribution in [-0.2, 0) is 25.0 Å². The number of hydrogen-bond acceptors (Lipinski definition) is 7. The van der Waals surface area contributed by atoms with Crippen molar-refractivity contribution in [3.8, 4) is 11.5 Å². The molecule has 2 aromatic carbocycles. The monoisotopic (exact) mass is 662 g/mol. The standard InChI is InChI=1S/C34H43BF4N2O6/c1-30(2,3)45-29(42)40-17-15-33(16-18-40)22-41(19-20-43-33)28-23(21-26(36)35-46-31(4,5)32(6,7)47-35)13-14-25(27(28)34(37,38)39)44-24-11-9-8-10-12-24/h8-14,21H,15-20,22H2,1-7H3/b26-21-. The Kier molecular flexibility index (Phi) is 9.41. The number of alkyl halides is 3. The lowest BCUT2D eigenvalue weighted by Crippen LogP contribution is -2.58. The zero-order valence-electron chi connectivity index (χ0n) is 28.0. The van der Waals surface area contributed by atoms with E-state index in [4.69, 9.17) is 23.5 Å². The van der Waals surface area contributed by atoms with Gasteiger partial charge in [0.25, 0.3) is 0 Å². The fourth-order valence-corrected chi connectivity index (χ4v) is 5.95. The van der Waals surface area contributed by atoms with Crippen LogP contribution >= 0.6 is 0 Å². The molecule has 3 heterocycles. The molecule has 0 N–H and O–H groups in total. The number of para-hydroxylation sites is 1. The van der Waals surface area contributed by atoms with E-state index in [1.165, 1.54) is 12.1 Å². The molecule has 47 heavy (non-hydrogen) atoms. The van der Waals surface area contributed by atoms with Gasteiger partial charge in [-0.2, -0.15) is 13.2 Å². The summed E-state index contributed by atoms with van der Waals surface area (Å²) in [6.07, 6.45) is -3.49. The van der Waals surface area contributed by atoms with Crippen LogP contribution in [0, 0.1) is 0 Å². The van der Waals surface area contributed by atoms with E-state index in [0.717, 1.165) is 6.08 Å². The van der Waals surface area contributed by atoms with Crippen LogP contribution in [-0.4, -0.2) is 73.3 Å². The number of halogens is 4. The Balaban J connectivity index is 1.53. The minimum atomic E-state index is -4.87. The minimum Gasteiger partial charge on any atom is -0.457 e. The first-order chi connectivity index (χ1) is 21.8. The number of ether oxygens (including phenoxy) is 3. The maximum Gasteiger partial charge on any atom is 0.525 e. The Hall–Kier alpha value is -3.29. The van der Waals surface area contributed by atoms with Gasteiger partial charge in [-0.1, -0.05) is 18.2 Å². The molecule has 8 nitrogen and oxygen atoms in total. The lowest BCUT2D eigenvalue weighted by molar-refractivity contribution is -0.138. The largest absolute Gasteiger partial charge is 0.525 e. The average molecular weight is 663 g/mol. The van der Waals surface area contributed by atoms with Gasteiger partial charge in [0.1, 0.15) is 28.4 Å². The summed E-state index contributed by atoms with van der Waals surface area (Å²) in [7, 11) is -1.39. The first kappa shape index (κ1) is 35.0. The zero-order valence-corrected chi connectivity index (χ0v) is 28.0. The number of benzene rings is 2. The van der Waals surface area contributed by atoms with Crippen molar-refractivity contribution in [2.45, 2.75) is 89.9 Å². The Morgan fingerprint density at radius 2 is 1.55 bits per heavy atom. The summed E-state index contributed by atoms with van der Waals surface area (Å²) >= 11 is 0. The summed E-state index contributed by atoms with van der Waals surface area (Å²) in [4.78, 5) is 15.9. The van der Waals surface area contributed by atoms with E-state index in [1.807, 2.05) is 0 Å². The summed E-state index contributed by atoms with van der Waals surface area (Å²) in [5.41, 5.74) is -5.31. The van der Waals surface area contributed by atoms with Gasteiger partial charge in [0.15, 0.2) is 0 Å². The molecule has 0 atom stereocenters. The van der Waals surface area contributed by atoms with Crippen LogP contribution in [0.5, 0.6) is 11.5 Å². The molecule has 3 fully saturated rings. The van der Waals surface area contributed by atoms with Crippen molar-refractivity contribution in [3.05, 3.63) is 59.3 Å². The van der Waals surface area contributed by atoms with Crippen LogP contribution in [0.15, 0.2) is 48.2 Å². The van der Waals surface area contributed by atoms with Crippen molar-refractivity contribution >= 4 is 25.0 Å². The van der Waals surface area contributed by atoms with E-state index in [9.17, 15) is 4.79 Å². The SMILES string of the molecule is CC(C)(C)OC(=O)N1CCC2(CC1)CN(c1c(/C=C(\F)B3OC(C)(C)C(C)(C)O3)ccc(Oc3ccccc3)c1C(F)(F)F)CCO2. The summed E-state index contributed by atoms with van der Waals surface area (Å²) in [6.45, 7) is 13.4. The van der Waals surface area contributed by atoms with Crippen molar-refractivity contribution < 1.29 is 45.9 Å². The number of rotatable bonds is 5. The number of carbonyl (C=O) groups excluding carboxylic acids is 1. The van der Waals surface area contributed by atoms with Crippen LogP contribution < -0.4 is 9.64 Å². The Bertz CT molecular complexity index is 1470. The van der Waals surface area contributed by atoms with Gasteiger partial charge < -0.3 is 33.3 Å². The number of anilines is 1. The highest BCUT2D eigenvalue weighted by Crippen LogP contribution is 2.48. The zero-order chi connectivity index (χ0) is 34.4. The number of morpholine rings is 1. The van der Waals surface area contributed by atoms with E-state index < -0.39 is 58.8 Å².